The van der Waals surface area contributed by atoms with Crippen molar-refractivity contribution < 1.29 is 19.0 Å². The van der Waals surface area contributed by atoms with Crippen LogP contribution >= 0.6 is 0 Å². The van der Waals surface area contributed by atoms with Crippen molar-refractivity contribution in [2.24, 2.45) is 0 Å². The maximum atomic E-state index is 13.1. The lowest BCUT2D eigenvalue weighted by Gasteiger charge is -2.35. The highest BCUT2D eigenvalue weighted by atomic mass is 16.5. The number of hydrogen-bond donors (Lipinski definition) is 0. The zero-order valence-corrected chi connectivity index (χ0v) is 18.9. The normalized spacial score (nSPS) is 13.5. The second-order valence-corrected chi connectivity index (χ2v) is 7.45. The summed E-state index contributed by atoms with van der Waals surface area (Å²) in [4.78, 5) is 17.0. The quantitative estimate of drug-likeness (QED) is 0.515. The fourth-order valence-electron chi connectivity index (χ4n) is 3.65. The topological polar surface area (TPSA) is 77.0 Å². The summed E-state index contributed by atoms with van der Waals surface area (Å²) < 4.78 is 17.0. The van der Waals surface area contributed by atoms with Crippen molar-refractivity contribution in [3.8, 4) is 23.1 Å². The Kier molecular flexibility index (Phi) is 7.24. The van der Waals surface area contributed by atoms with Gasteiger partial charge in [-0.15, -0.1) is 10.2 Å². The molecule has 33 heavy (non-hydrogen) atoms. The number of rotatable bonds is 8. The highest BCUT2D eigenvalue weighted by Gasteiger charge is 2.24. The van der Waals surface area contributed by atoms with Crippen LogP contribution in [0.4, 0.5) is 5.82 Å². The number of nitrogens with zero attached hydrogens (tertiary/aromatic N) is 4. The van der Waals surface area contributed by atoms with Crippen LogP contribution in [-0.4, -0.2) is 60.4 Å². The first-order valence-electron chi connectivity index (χ1n) is 11.2. The van der Waals surface area contributed by atoms with Crippen LogP contribution in [0.15, 0.2) is 60.7 Å². The molecule has 0 aliphatic carbocycles. The summed E-state index contributed by atoms with van der Waals surface area (Å²) in [5.41, 5.74) is 0.595. The smallest absolute Gasteiger partial charge is 0.254 e. The van der Waals surface area contributed by atoms with E-state index in [0.717, 1.165) is 5.82 Å². The molecular formula is C25H28N4O4. The Balaban J connectivity index is 1.35. The van der Waals surface area contributed by atoms with E-state index in [1.54, 1.807) is 18.2 Å². The first-order valence-corrected chi connectivity index (χ1v) is 11.2. The molecule has 172 valence electrons. The van der Waals surface area contributed by atoms with Crippen molar-refractivity contribution in [2.75, 3.05) is 44.3 Å². The van der Waals surface area contributed by atoms with Crippen LogP contribution in [0.2, 0.25) is 0 Å². The third-order valence-corrected chi connectivity index (χ3v) is 5.27. The van der Waals surface area contributed by atoms with Crippen molar-refractivity contribution in [3.63, 3.8) is 0 Å². The molecule has 0 N–H and O–H groups in total. The Bertz CT molecular complexity index is 1050. The molecule has 0 bridgehead atoms. The van der Waals surface area contributed by atoms with Gasteiger partial charge in [-0.1, -0.05) is 18.2 Å². The molecule has 3 aromatic rings. The molecular weight excluding hydrogens is 420 g/mol. The molecule has 1 aliphatic rings. The summed E-state index contributed by atoms with van der Waals surface area (Å²) in [6, 6.07) is 18.5. The molecule has 1 saturated heterocycles. The van der Waals surface area contributed by atoms with E-state index in [1.165, 1.54) is 0 Å². The maximum absolute atomic E-state index is 13.1. The summed E-state index contributed by atoms with van der Waals surface area (Å²) in [6.07, 6.45) is 0. The second kappa shape index (κ2) is 10.7. The Morgan fingerprint density at radius 3 is 2.24 bits per heavy atom. The van der Waals surface area contributed by atoms with E-state index in [-0.39, 0.29) is 5.91 Å². The van der Waals surface area contributed by atoms with Crippen molar-refractivity contribution in [2.45, 2.75) is 13.8 Å². The SMILES string of the molecule is CCOc1ccc(C(=O)N2CCN(c3ccc(Oc4ccccc4)nn3)CC2)cc1OCC. The highest BCUT2D eigenvalue weighted by molar-refractivity contribution is 5.95. The van der Waals surface area contributed by atoms with Crippen molar-refractivity contribution in [1.29, 1.82) is 0 Å². The van der Waals surface area contributed by atoms with Gasteiger partial charge in [0.1, 0.15) is 5.75 Å². The van der Waals surface area contributed by atoms with E-state index >= 15 is 0 Å². The standard InChI is InChI=1S/C25H28N4O4/c1-3-31-21-11-10-19(18-22(21)32-4-2)25(30)29-16-14-28(15-17-29)23-12-13-24(27-26-23)33-20-8-6-5-7-9-20/h5-13,18H,3-4,14-17H2,1-2H3. The minimum absolute atomic E-state index is 0.0173. The third kappa shape index (κ3) is 5.52. The van der Waals surface area contributed by atoms with Gasteiger partial charge in [-0.3, -0.25) is 4.79 Å². The van der Waals surface area contributed by atoms with Crippen LogP contribution in [0.1, 0.15) is 24.2 Å². The third-order valence-electron chi connectivity index (χ3n) is 5.27. The minimum Gasteiger partial charge on any atom is -0.490 e. The first kappa shape index (κ1) is 22.4. The molecule has 0 atom stereocenters. The number of para-hydroxylation sites is 1. The molecule has 8 heteroatoms. The summed E-state index contributed by atoms with van der Waals surface area (Å²) in [5.74, 6) is 3.15. The lowest BCUT2D eigenvalue weighted by molar-refractivity contribution is 0.0746. The van der Waals surface area contributed by atoms with Crippen LogP contribution in [0.25, 0.3) is 0 Å². The van der Waals surface area contributed by atoms with Crippen LogP contribution in [0.5, 0.6) is 23.1 Å². The van der Waals surface area contributed by atoms with E-state index in [1.807, 2.05) is 61.2 Å². The molecule has 8 nitrogen and oxygen atoms in total. The molecule has 0 unspecified atom stereocenters. The molecule has 2 heterocycles. The predicted molar refractivity (Wildman–Crippen MR) is 125 cm³/mol. The molecule has 4 rings (SSSR count). The average Bonchev–Trinajstić information content (AvgIpc) is 2.86. The van der Waals surface area contributed by atoms with E-state index in [2.05, 4.69) is 15.1 Å². The number of benzene rings is 2. The fourth-order valence-corrected chi connectivity index (χ4v) is 3.65. The molecule has 0 saturated carbocycles. The van der Waals surface area contributed by atoms with Crippen LogP contribution in [-0.2, 0) is 0 Å². The Labute approximate surface area is 193 Å². The number of carbonyl (C=O) groups excluding carboxylic acids is 1. The number of amides is 1. The summed E-state index contributed by atoms with van der Waals surface area (Å²) in [7, 11) is 0. The number of hydrogen-bond acceptors (Lipinski definition) is 7. The van der Waals surface area contributed by atoms with Gasteiger partial charge in [-0.05, 0) is 50.2 Å². The van der Waals surface area contributed by atoms with Gasteiger partial charge in [0.2, 0.25) is 5.88 Å². The van der Waals surface area contributed by atoms with Gasteiger partial charge in [0, 0.05) is 37.8 Å². The summed E-state index contributed by atoms with van der Waals surface area (Å²) >= 11 is 0. The van der Waals surface area contributed by atoms with Gasteiger partial charge in [-0.25, -0.2) is 0 Å². The lowest BCUT2D eigenvalue weighted by atomic mass is 10.1. The zero-order valence-electron chi connectivity index (χ0n) is 18.9. The predicted octanol–water partition coefficient (Wildman–Crippen LogP) is 4.03. The zero-order chi connectivity index (χ0) is 23.0. The molecule has 0 radical (unpaired) electrons. The van der Waals surface area contributed by atoms with E-state index in [9.17, 15) is 4.79 Å². The Hall–Kier alpha value is -3.81. The number of ether oxygens (including phenoxy) is 3. The number of anilines is 1. The molecule has 1 aliphatic heterocycles. The molecule has 0 spiro atoms. The molecule has 1 aromatic heterocycles. The number of aromatic nitrogens is 2. The summed E-state index contributed by atoms with van der Waals surface area (Å²) in [5, 5.41) is 8.48. The van der Waals surface area contributed by atoms with E-state index < -0.39 is 0 Å². The highest BCUT2D eigenvalue weighted by Crippen LogP contribution is 2.29. The monoisotopic (exact) mass is 448 g/mol. The van der Waals surface area contributed by atoms with Gasteiger partial charge in [0.25, 0.3) is 5.91 Å². The van der Waals surface area contributed by atoms with Gasteiger partial charge in [0.05, 0.1) is 13.2 Å². The van der Waals surface area contributed by atoms with Crippen LogP contribution in [0, 0.1) is 0 Å². The van der Waals surface area contributed by atoms with Crippen molar-refractivity contribution in [1.82, 2.24) is 15.1 Å². The molecule has 1 fully saturated rings. The maximum Gasteiger partial charge on any atom is 0.254 e. The minimum atomic E-state index is -0.0173. The van der Waals surface area contributed by atoms with Gasteiger partial charge in [-0.2, -0.15) is 0 Å². The molecule has 1 amide bonds. The first-order chi connectivity index (χ1) is 16.2. The van der Waals surface area contributed by atoms with E-state index in [4.69, 9.17) is 14.2 Å². The van der Waals surface area contributed by atoms with E-state index in [0.29, 0.717) is 68.1 Å². The van der Waals surface area contributed by atoms with Crippen LogP contribution < -0.4 is 19.1 Å². The number of piperazine rings is 1. The van der Waals surface area contributed by atoms with Crippen molar-refractivity contribution in [3.05, 3.63) is 66.2 Å². The van der Waals surface area contributed by atoms with Crippen LogP contribution in [0.3, 0.4) is 0 Å². The average molecular weight is 449 g/mol. The van der Waals surface area contributed by atoms with Gasteiger partial charge in [0.15, 0.2) is 17.3 Å². The lowest BCUT2D eigenvalue weighted by Crippen LogP contribution is -2.49. The Morgan fingerprint density at radius 2 is 1.58 bits per heavy atom. The van der Waals surface area contributed by atoms with Gasteiger partial charge < -0.3 is 24.0 Å². The van der Waals surface area contributed by atoms with Crippen molar-refractivity contribution >= 4 is 11.7 Å². The second-order valence-electron chi connectivity index (χ2n) is 7.45. The summed E-state index contributed by atoms with van der Waals surface area (Å²) in [6.45, 7) is 7.42. The van der Waals surface area contributed by atoms with Gasteiger partial charge >= 0.3 is 0 Å². The number of carbonyl (C=O) groups is 1. The Morgan fingerprint density at radius 1 is 0.848 bits per heavy atom. The fraction of sp³-hybridized carbons (Fsp3) is 0.320. The molecule has 2 aromatic carbocycles. The largest absolute Gasteiger partial charge is 0.490 e.